The second kappa shape index (κ2) is 13.9. The maximum atomic E-state index is 12.7. The van der Waals surface area contributed by atoms with Crippen LogP contribution in [0.3, 0.4) is 0 Å². The summed E-state index contributed by atoms with van der Waals surface area (Å²) in [4.78, 5) is 14.6. The van der Waals surface area contributed by atoms with Crippen molar-refractivity contribution in [1.82, 2.24) is 10.2 Å². The number of benzene rings is 2. The van der Waals surface area contributed by atoms with Crippen LogP contribution in [0.2, 0.25) is 5.02 Å². The Hall–Kier alpha value is -2.24. The third-order valence-electron chi connectivity index (χ3n) is 9.26. The highest BCUT2D eigenvalue weighted by Crippen LogP contribution is 2.31. The van der Waals surface area contributed by atoms with Crippen LogP contribution >= 0.6 is 11.6 Å². The third kappa shape index (κ3) is 8.14. The molecule has 0 radical (unpaired) electrons. The molecule has 5 nitrogen and oxygen atoms in total. The molecule has 0 spiro atoms. The molecule has 3 saturated heterocycles. The third-order valence-corrected chi connectivity index (χ3v) is 9.52. The predicted octanol–water partition coefficient (Wildman–Crippen LogP) is 8.39. The number of likely N-dealkylation sites (tertiary alicyclic amines) is 1. The van der Waals surface area contributed by atoms with E-state index in [0.29, 0.717) is 24.1 Å². The molecule has 2 aromatic rings. The summed E-state index contributed by atoms with van der Waals surface area (Å²) >= 11 is 5.99. The Balaban J connectivity index is 0.000000332. The zero-order valence-electron chi connectivity index (χ0n) is 23.5. The van der Waals surface area contributed by atoms with Crippen LogP contribution in [-0.4, -0.2) is 42.2 Å². The number of ether oxygens (including phenoxy) is 1. The molecule has 4 fully saturated rings. The zero-order chi connectivity index (χ0) is 27.0. The van der Waals surface area contributed by atoms with Crippen LogP contribution in [-0.2, 0) is 0 Å². The Morgan fingerprint density at radius 3 is 2.13 bits per heavy atom. The summed E-state index contributed by atoms with van der Waals surface area (Å²) in [5.74, 6) is 2.46. The van der Waals surface area contributed by atoms with Crippen LogP contribution in [0, 0.1) is 5.92 Å². The van der Waals surface area contributed by atoms with Gasteiger partial charge in [-0.15, -0.1) is 0 Å². The van der Waals surface area contributed by atoms with Gasteiger partial charge in [0.15, 0.2) is 0 Å². The number of hydrogen-bond acceptors (Lipinski definition) is 3. The number of carbonyl (C=O) groups is 1. The molecule has 2 amide bonds. The fourth-order valence-electron chi connectivity index (χ4n) is 6.86. The first-order chi connectivity index (χ1) is 19.1. The van der Waals surface area contributed by atoms with Crippen molar-refractivity contribution in [1.29, 1.82) is 0 Å². The summed E-state index contributed by atoms with van der Waals surface area (Å²) < 4.78 is 6.20. The van der Waals surface area contributed by atoms with Crippen molar-refractivity contribution >= 4 is 23.3 Å². The van der Waals surface area contributed by atoms with Crippen LogP contribution in [0.5, 0.6) is 5.75 Å². The van der Waals surface area contributed by atoms with E-state index in [2.05, 4.69) is 29.7 Å². The van der Waals surface area contributed by atoms with Gasteiger partial charge in [0.05, 0.1) is 0 Å². The topological polar surface area (TPSA) is 53.6 Å². The molecule has 212 valence electrons. The van der Waals surface area contributed by atoms with Gasteiger partial charge in [-0.3, -0.25) is 0 Å². The molecule has 2 aromatic carbocycles. The molecule has 3 aliphatic heterocycles. The first-order valence-electron chi connectivity index (χ1n) is 15.4. The summed E-state index contributed by atoms with van der Waals surface area (Å²) in [6.45, 7) is 3.84. The maximum Gasteiger partial charge on any atom is 0.321 e. The van der Waals surface area contributed by atoms with Crippen LogP contribution in [0.1, 0.15) is 95.5 Å². The Labute approximate surface area is 240 Å². The molecule has 1 unspecified atom stereocenters. The van der Waals surface area contributed by atoms with E-state index in [1.165, 1.54) is 56.9 Å². The van der Waals surface area contributed by atoms with Gasteiger partial charge in [-0.25, -0.2) is 4.79 Å². The maximum absolute atomic E-state index is 12.7. The van der Waals surface area contributed by atoms with Gasteiger partial charge >= 0.3 is 6.03 Å². The number of amides is 2. The van der Waals surface area contributed by atoms with Crippen LogP contribution in [0.4, 0.5) is 10.5 Å². The minimum absolute atomic E-state index is 0.0295. The van der Waals surface area contributed by atoms with Crippen molar-refractivity contribution < 1.29 is 9.53 Å². The fourth-order valence-corrected chi connectivity index (χ4v) is 6.99. The lowest BCUT2D eigenvalue weighted by Gasteiger charge is -2.32. The van der Waals surface area contributed by atoms with E-state index in [1.54, 1.807) is 0 Å². The van der Waals surface area contributed by atoms with E-state index >= 15 is 0 Å². The lowest BCUT2D eigenvalue weighted by Crippen LogP contribution is -2.42. The Kier molecular flexibility index (Phi) is 10.1. The second-order valence-corrected chi connectivity index (χ2v) is 12.5. The number of nitrogens with one attached hydrogen (secondary N) is 2. The van der Waals surface area contributed by atoms with Crippen molar-refractivity contribution in [2.75, 3.05) is 18.4 Å². The van der Waals surface area contributed by atoms with Crippen molar-refractivity contribution in [3.63, 3.8) is 0 Å². The van der Waals surface area contributed by atoms with Gasteiger partial charge in [-0.1, -0.05) is 69.2 Å². The van der Waals surface area contributed by atoms with Gasteiger partial charge in [0, 0.05) is 35.9 Å². The van der Waals surface area contributed by atoms with Crippen molar-refractivity contribution in [2.45, 2.75) is 108 Å². The van der Waals surface area contributed by atoms with Gasteiger partial charge < -0.3 is 20.3 Å². The number of carbonyl (C=O) groups excluding carboxylic acids is 1. The standard InChI is InChI=1S/C25H30ClN3O2.C8H16/c26-19-3-1-17(2-4-19)18-11-13-29(14-12-18)25(30)28-20-7-9-23(10-8-20)31-24-15-21-5-6-22(16-24)27-21;1-2-8-6-4-3-5-7-8/h1-4,7-10,18,21-22,24,27H,5-6,11-16H2,(H,28,30);8H,2-7H2,1H3/t21-,22+,24?;. The SMILES string of the molecule is CCC1CCCCC1.O=C(Nc1ccc(OC2C[C@H]3CC[C@@H](C2)N3)cc1)N1CCC(c2ccc(Cl)cc2)CC1. The summed E-state index contributed by atoms with van der Waals surface area (Å²) in [6.07, 6.45) is 15.9. The van der Waals surface area contributed by atoms with E-state index < -0.39 is 0 Å². The van der Waals surface area contributed by atoms with Crippen LogP contribution in [0.15, 0.2) is 48.5 Å². The van der Waals surface area contributed by atoms with E-state index in [0.717, 1.165) is 61.2 Å². The Morgan fingerprint density at radius 2 is 1.54 bits per heavy atom. The van der Waals surface area contributed by atoms with Gasteiger partial charge in [-0.05, 0) is 92.3 Å². The number of fused-ring (bicyclic) bond motifs is 2. The van der Waals surface area contributed by atoms with Crippen molar-refractivity contribution in [2.24, 2.45) is 5.92 Å². The van der Waals surface area contributed by atoms with Gasteiger partial charge in [-0.2, -0.15) is 0 Å². The molecular formula is C33H46ClN3O2. The molecular weight excluding hydrogens is 506 g/mol. The van der Waals surface area contributed by atoms with E-state index in [1.807, 2.05) is 41.3 Å². The summed E-state index contributed by atoms with van der Waals surface area (Å²) in [7, 11) is 0. The minimum Gasteiger partial charge on any atom is -0.490 e. The lowest BCUT2D eigenvalue weighted by atomic mass is 9.88. The summed E-state index contributed by atoms with van der Waals surface area (Å²) in [5.41, 5.74) is 2.12. The molecule has 6 rings (SSSR count). The fraction of sp³-hybridized carbons (Fsp3) is 0.606. The number of nitrogens with zero attached hydrogens (tertiary/aromatic N) is 1. The quantitative estimate of drug-likeness (QED) is 0.392. The number of halogens is 1. The number of rotatable bonds is 5. The molecule has 39 heavy (non-hydrogen) atoms. The average molecular weight is 552 g/mol. The Bertz CT molecular complexity index is 1020. The normalized spacial score (nSPS) is 25.5. The largest absolute Gasteiger partial charge is 0.490 e. The number of piperidine rings is 2. The highest BCUT2D eigenvalue weighted by Gasteiger charge is 2.34. The number of hydrogen-bond donors (Lipinski definition) is 2. The zero-order valence-corrected chi connectivity index (χ0v) is 24.3. The van der Waals surface area contributed by atoms with Crippen LogP contribution < -0.4 is 15.4 Å². The molecule has 6 heteroatoms. The van der Waals surface area contributed by atoms with Crippen molar-refractivity contribution in [3.8, 4) is 5.75 Å². The first-order valence-corrected chi connectivity index (χ1v) is 15.8. The lowest BCUT2D eigenvalue weighted by molar-refractivity contribution is 0.137. The average Bonchev–Trinajstić information content (AvgIpc) is 3.33. The molecule has 3 atom stereocenters. The van der Waals surface area contributed by atoms with E-state index in [4.69, 9.17) is 16.3 Å². The highest BCUT2D eigenvalue weighted by molar-refractivity contribution is 6.30. The van der Waals surface area contributed by atoms with Gasteiger partial charge in [0.25, 0.3) is 0 Å². The molecule has 1 aliphatic carbocycles. The van der Waals surface area contributed by atoms with Gasteiger partial charge in [0.2, 0.25) is 0 Å². The molecule has 0 aromatic heterocycles. The molecule has 3 heterocycles. The Morgan fingerprint density at radius 1 is 0.897 bits per heavy atom. The summed E-state index contributed by atoms with van der Waals surface area (Å²) in [6, 6.07) is 17.1. The molecule has 2 N–H and O–H groups in total. The highest BCUT2D eigenvalue weighted by atomic mass is 35.5. The van der Waals surface area contributed by atoms with Crippen LogP contribution in [0.25, 0.3) is 0 Å². The second-order valence-electron chi connectivity index (χ2n) is 12.0. The smallest absolute Gasteiger partial charge is 0.321 e. The molecule has 1 saturated carbocycles. The van der Waals surface area contributed by atoms with E-state index in [9.17, 15) is 4.79 Å². The number of anilines is 1. The van der Waals surface area contributed by atoms with Crippen molar-refractivity contribution in [3.05, 3.63) is 59.1 Å². The first kappa shape index (κ1) is 28.3. The summed E-state index contributed by atoms with van der Waals surface area (Å²) in [5, 5.41) is 7.44. The monoisotopic (exact) mass is 551 g/mol. The van der Waals surface area contributed by atoms with E-state index in [-0.39, 0.29) is 6.03 Å². The molecule has 4 aliphatic rings. The number of urea groups is 1. The van der Waals surface area contributed by atoms with Gasteiger partial charge in [0.1, 0.15) is 11.9 Å². The molecule has 2 bridgehead atoms. The predicted molar refractivity (Wildman–Crippen MR) is 161 cm³/mol. The minimum atomic E-state index is -0.0295.